The molecule has 2 aliphatic carbocycles. The minimum Gasteiger partial charge on any atom is -0.298 e. The van der Waals surface area contributed by atoms with E-state index in [1.807, 2.05) is 0 Å². The molecule has 1 aromatic rings. The number of rotatable bonds is 0. The Balaban J connectivity index is 2.39. The van der Waals surface area contributed by atoms with Crippen LogP contribution in [0.15, 0.2) is 0 Å². The number of fused-ring (bicyclic) bond motifs is 5. The van der Waals surface area contributed by atoms with Crippen LogP contribution in [-0.4, -0.2) is 5.78 Å². The normalized spacial score (nSPS) is 26.4. The van der Waals surface area contributed by atoms with Gasteiger partial charge in [-0.15, -0.1) is 0 Å². The summed E-state index contributed by atoms with van der Waals surface area (Å²) >= 11 is 0. The van der Waals surface area contributed by atoms with E-state index in [4.69, 9.17) is 0 Å². The van der Waals surface area contributed by atoms with E-state index in [2.05, 4.69) is 0 Å². The molecule has 0 heterocycles. The number of hydrogen-bond acceptors (Lipinski definition) is 1. The molecular weight excluding hydrogens is 224 g/mol. The second-order valence-corrected chi connectivity index (χ2v) is 4.17. The van der Waals surface area contributed by atoms with Crippen molar-refractivity contribution in [1.82, 2.24) is 0 Å². The molecule has 3 rings (SSSR count). The van der Waals surface area contributed by atoms with E-state index in [1.54, 1.807) is 0 Å². The summed E-state index contributed by atoms with van der Waals surface area (Å²) in [5.41, 5.74) is -0.532. The van der Waals surface area contributed by atoms with Crippen LogP contribution in [0.5, 0.6) is 0 Å². The average molecular weight is 230 g/mol. The second-order valence-electron chi connectivity index (χ2n) is 4.17. The number of halogens is 4. The van der Waals surface area contributed by atoms with Crippen molar-refractivity contribution in [1.29, 1.82) is 0 Å². The van der Waals surface area contributed by atoms with Gasteiger partial charge < -0.3 is 0 Å². The average Bonchev–Trinajstić information content (AvgIpc) is 2.77. The van der Waals surface area contributed by atoms with Gasteiger partial charge in [-0.2, -0.15) is 0 Å². The number of carbonyl (C=O) groups is 1. The minimum atomic E-state index is -1.82. The van der Waals surface area contributed by atoms with Gasteiger partial charge in [-0.05, 0) is 12.8 Å². The lowest BCUT2D eigenvalue weighted by Gasteiger charge is -2.15. The molecule has 0 aromatic heterocycles. The third-order valence-corrected chi connectivity index (χ3v) is 3.47. The molecule has 0 N–H and O–H groups in total. The summed E-state index contributed by atoms with van der Waals surface area (Å²) in [5, 5.41) is 0. The van der Waals surface area contributed by atoms with Crippen LogP contribution in [0.4, 0.5) is 17.6 Å². The fourth-order valence-corrected chi connectivity index (χ4v) is 2.78. The third kappa shape index (κ3) is 0.894. The molecule has 2 atom stereocenters. The highest BCUT2D eigenvalue weighted by molar-refractivity contribution is 5.98. The van der Waals surface area contributed by atoms with Crippen LogP contribution in [0.25, 0.3) is 0 Å². The first-order valence-electron chi connectivity index (χ1n) is 4.93. The summed E-state index contributed by atoms with van der Waals surface area (Å²) < 4.78 is 52.9. The third-order valence-electron chi connectivity index (χ3n) is 3.47. The van der Waals surface area contributed by atoms with Crippen LogP contribution in [-0.2, 0) is 4.79 Å². The van der Waals surface area contributed by atoms with Crippen LogP contribution < -0.4 is 0 Å². The molecule has 0 saturated heterocycles. The molecule has 2 bridgehead atoms. The number of Topliss-reactive ketones (excluding diaryl/α,β-unsaturated/α-hetero) is 1. The Bertz CT molecular complexity index is 478. The molecule has 1 saturated carbocycles. The van der Waals surface area contributed by atoms with Gasteiger partial charge in [0, 0.05) is 23.0 Å². The number of benzene rings is 1. The fraction of sp³-hybridized carbons (Fsp3) is 0.364. The van der Waals surface area contributed by atoms with E-state index in [9.17, 15) is 22.4 Å². The van der Waals surface area contributed by atoms with Gasteiger partial charge in [0.1, 0.15) is 5.78 Å². The summed E-state index contributed by atoms with van der Waals surface area (Å²) in [5.74, 6) is -8.36. The Morgan fingerprint density at radius 3 is 1.50 bits per heavy atom. The maximum Gasteiger partial charge on any atom is 0.197 e. The zero-order valence-corrected chi connectivity index (χ0v) is 7.99. The molecule has 84 valence electrons. The van der Waals surface area contributed by atoms with Crippen LogP contribution >= 0.6 is 0 Å². The monoisotopic (exact) mass is 230 g/mol. The van der Waals surface area contributed by atoms with Gasteiger partial charge in [0.25, 0.3) is 0 Å². The van der Waals surface area contributed by atoms with Crippen LogP contribution in [0.1, 0.15) is 35.8 Å². The smallest absolute Gasteiger partial charge is 0.197 e. The SMILES string of the molecule is O=C1C2CCC1c1c(F)c(F)c(F)c(F)c12. The Hall–Kier alpha value is -1.39. The van der Waals surface area contributed by atoms with Crippen molar-refractivity contribution in [3.63, 3.8) is 0 Å². The molecule has 5 heteroatoms. The van der Waals surface area contributed by atoms with E-state index in [-0.39, 0.29) is 16.9 Å². The standard InChI is InChI=1S/C11H6F4O/c12-7-5-3-1-2-4(11(3)16)6(5)8(13)10(15)9(7)14/h3-4H,1-2H2. The number of ketones is 1. The molecular formula is C11H6F4O. The zero-order valence-electron chi connectivity index (χ0n) is 7.99. The highest BCUT2D eigenvalue weighted by atomic mass is 19.2. The first-order chi connectivity index (χ1) is 7.54. The van der Waals surface area contributed by atoms with E-state index in [0.717, 1.165) is 0 Å². The summed E-state index contributed by atoms with van der Waals surface area (Å²) in [4.78, 5) is 11.6. The molecule has 1 nitrogen and oxygen atoms in total. The topological polar surface area (TPSA) is 17.1 Å². The number of hydrogen-bond donors (Lipinski definition) is 0. The molecule has 0 radical (unpaired) electrons. The highest BCUT2D eigenvalue weighted by Crippen LogP contribution is 2.52. The van der Waals surface area contributed by atoms with Gasteiger partial charge in [-0.1, -0.05) is 0 Å². The van der Waals surface area contributed by atoms with E-state index in [1.165, 1.54) is 0 Å². The Morgan fingerprint density at radius 2 is 1.12 bits per heavy atom. The fourth-order valence-electron chi connectivity index (χ4n) is 2.78. The predicted octanol–water partition coefficient (Wildman–Crippen LogP) is 2.79. The predicted molar refractivity (Wildman–Crippen MR) is 46.0 cm³/mol. The van der Waals surface area contributed by atoms with Crippen LogP contribution in [0.3, 0.4) is 0 Å². The van der Waals surface area contributed by atoms with Gasteiger partial charge >= 0.3 is 0 Å². The lowest BCUT2D eigenvalue weighted by Crippen LogP contribution is -2.09. The molecule has 2 aliphatic rings. The first kappa shape index (κ1) is 9.81. The van der Waals surface area contributed by atoms with Crippen molar-refractivity contribution < 1.29 is 22.4 Å². The quantitative estimate of drug-likeness (QED) is 0.380. The first-order valence-corrected chi connectivity index (χ1v) is 4.93. The van der Waals surface area contributed by atoms with Crippen molar-refractivity contribution in [3.05, 3.63) is 34.4 Å². The summed E-state index contributed by atoms with van der Waals surface area (Å²) in [6.07, 6.45) is 0.774. The maximum absolute atomic E-state index is 13.4. The van der Waals surface area contributed by atoms with E-state index >= 15 is 0 Å². The van der Waals surface area contributed by atoms with Crippen molar-refractivity contribution in [2.75, 3.05) is 0 Å². The van der Waals surface area contributed by atoms with Crippen molar-refractivity contribution in [2.45, 2.75) is 24.7 Å². The van der Waals surface area contributed by atoms with E-state index in [0.29, 0.717) is 12.8 Å². The molecule has 16 heavy (non-hydrogen) atoms. The lowest BCUT2D eigenvalue weighted by atomic mass is 9.90. The highest BCUT2D eigenvalue weighted by Gasteiger charge is 2.50. The van der Waals surface area contributed by atoms with Gasteiger partial charge in [-0.25, -0.2) is 17.6 Å². The van der Waals surface area contributed by atoms with Gasteiger partial charge in [0.05, 0.1) is 0 Å². The van der Waals surface area contributed by atoms with Gasteiger partial charge in [0.15, 0.2) is 23.3 Å². The van der Waals surface area contributed by atoms with Crippen molar-refractivity contribution >= 4 is 5.78 Å². The largest absolute Gasteiger partial charge is 0.298 e. The molecule has 1 fully saturated rings. The minimum absolute atomic E-state index is 0.266. The van der Waals surface area contributed by atoms with E-state index < -0.39 is 35.1 Å². The van der Waals surface area contributed by atoms with Crippen LogP contribution in [0.2, 0.25) is 0 Å². The molecule has 0 aliphatic heterocycles. The maximum atomic E-state index is 13.4. The van der Waals surface area contributed by atoms with Crippen LogP contribution in [0, 0.1) is 23.3 Å². The summed E-state index contributed by atoms with van der Waals surface area (Å²) in [6, 6.07) is 0. The summed E-state index contributed by atoms with van der Waals surface area (Å²) in [6.45, 7) is 0. The molecule has 2 unspecified atom stereocenters. The Morgan fingerprint density at radius 1 is 0.750 bits per heavy atom. The molecule has 1 aromatic carbocycles. The Kier molecular flexibility index (Phi) is 1.74. The summed E-state index contributed by atoms with van der Waals surface area (Å²) in [7, 11) is 0. The van der Waals surface area contributed by atoms with Crippen molar-refractivity contribution in [3.8, 4) is 0 Å². The number of carbonyl (C=O) groups excluding carboxylic acids is 1. The molecule has 0 spiro atoms. The zero-order chi connectivity index (χ0) is 11.6. The second kappa shape index (κ2) is 2.84. The van der Waals surface area contributed by atoms with Crippen molar-refractivity contribution in [2.24, 2.45) is 0 Å². The lowest BCUT2D eigenvalue weighted by molar-refractivity contribution is -0.119. The van der Waals surface area contributed by atoms with Gasteiger partial charge in [-0.3, -0.25) is 4.79 Å². The van der Waals surface area contributed by atoms with Gasteiger partial charge in [0.2, 0.25) is 0 Å². The molecule has 0 amide bonds. The Labute approximate surface area is 88.1 Å².